The van der Waals surface area contributed by atoms with Crippen molar-refractivity contribution in [2.75, 3.05) is 0 Å². The highest BCUT2D eigenvalue weighted by molar-refractivity contribution is 6.11. The zero-order valence-corrected chi connectivity index (χ0v) is 43.1. The Bertz CT molecular complexity index is 4630. The highest BCUT2D eigenvalue weighted by Gasteiger charge is 2.57. The van der Waals surface area contributed by atoms with E-state index < -0.39 is 10.8 Å². The summed E-state index contributed by atoms with van der Waals surface area (Å²) >= 11 is 0. The smallest absolute Gasteiger partial charge is 0.110 e. The predicted octanol–water partition coefficient (Wildman–Crippen LogP) is 18.0. The van der Waals surface area contributed by atoms with Crippen LogP contribution in [0.2, 0.25) is 0 Å². The Morgan fingerprint density at radius 1 is 0.342 bits per heavy atom. The maximum Gasteiger partial charge on any atom is 0.110 e. The molecule has 3 atom stereocenters. The number of fused-ring (bicyclic) bond motifs is 25. The number of benzene rings is 11. The van der Waals surface area contributed by atoms with Gasteiger partial charge in [0.2, 0.25) is 0 Å². The first kappa shape index (κ1) is 42.6. The zero-order valence-electron chi connectivity index (χ0n) is 43.1. The Labute approximate surface area is 457 Å². The molecule has 2 spiro atoms. The standard InChI is InChI=1S/C76H48N2O/c1-9-25-61-49(17-1)50-18-2-10-26-62(50)75(61)63-27-11-3-19-51(63)53-37-33-45(41-65(53)75)73-74(79-73)46-34-38-54-52-20-4-12-28-64(52)76(66(54)42-46)67-43-47(77-69-29-13-5-21-57(69)58-22-6-14-30-70(58)77)35-39-55(67)56-40-36-48(44-68(56)76)78-71-31-15-7-23-59(71)60-24-8-16-32-72(60)78/h1-41,43-44,46,73-74H,42H2. The van der Waals surface area contributed by atoms with Crippen LogP contribution >= 0.6 is 0 Å². The highest BCUT2D eigenvalue weighted by Crippen LogP contribution is 2.67. The van der Waals surface area contributed by atoms with Crippen LogP contribution in [0.3, 0.4) is 0 Å². The van der Waals surface area contributed by atoms with Gasteiger partial charge in [0.25, 0.3) is 0 Å². The van der Waals surface area contributed by atoms with Gasteiger partial charge in [-0.1, -0.05) is 212 Å². The summed E-state index contributed by atoms with van der Waals surface area (Å²) in [4.78, 5) is 0. The van der Waals surface area contributed by atoms with Crippen LogP contribution in [0.25, 0.3) is 93.9 Å². The summed E-state index contributed by atoms with van der Waals surface area (Å²) in [6.07, 6.45) is 5.84. The van der Waals surface area contributed by atoms with Gasteiger partial charge < -0.3 is 13.9 Å². The normalized spacial score (nSPS) is 18.8. The van der Waals surface area contributed by atoms with E-state index in [2.05, 4.69) is 270 Å². The molecular weight excluding hydrogens is 957 g/mol. The third-order valence-corrected chi connectivity index (χ3v) is 19.4. The number of nitrogens with zero attached hydrogens (tertiary/aromatic N) is 2. The number of para-hydroxylation sites is 4. The van der Waals surface area contributed by atoms with Gasteiger partial charge in [-0.2, -0.15) is 0 Å². The van der Waals surface area contributed by atoms with Crippen molar-refractivity contribution in [1.29, 1.82) is 0 Å². The minimum absolute atomic E-state index is 0.0264. The van der Waals surface area contributed by atoms with Crippen LogP contribution in [0.15, 0.2) is 266 Å². The molecule has 2 aromatic heterocycles. The number of ether oxygens (including phenoxy) is 1. The summed E-state index contributed by atoms with van der Waals surface area (Å²) in [5, 5.41) is 5.07. The minimum atomic E-state index is -0.567. The molecule has 0 N–H and O–H groups in total. The molecule has 0 bridgehead atoms. The molecule has 1 aliphatic heterocycles. The van der Waals surface area contributed by atoms with E-state index in [1.54, 1.807) is 0 Å². The lowest BCUT2D eigenvalue weighted by Crippen LogP contribution is -2.30. The van der Waals surface area contributed by atoms with Gasteiger partial charge in [0.15, 0.2) is 0 Å². The molecule has 3 unspecified atom stereocenters. The number of epoxide rings is 1. The van der Waals surface area contributed by atoms with Crippen LogP contribution in [0.4, 0.5) is 0 Å². The van der Waals surface area contributed by atoms with Crippen molar-refractivity contribution in [3.8, 4) is 44.8 Å². The van der Waals surface area contributed by atoms with Crippen LogP contribution in [0, 0.1) is 5.92 Å². The fraction of sp³-hybridized carbons (Fsp3) is 0.0789. The third kappa shape index (κ3) is 5.23. The van der Waals surface area contributed by atoms with Crippen molar-refractivity contribution in [2.24, 2.45) is 5.92 Å². The molecule has 3 nitrogen and oxygen atoms in total. The summed E-state index contributed by atoms with van der Waals surface area (Å²) in [5.74, 6) is 0.163. The van der Waals surface area contributed by atoms with E-state index in [4.69, 9.17) is 4.74 Å². The molecule has 0 radical (unpaired) electrons. The first-order valence-electron chi connectivity index (χ1n) is 28.1. The second-order valence-corrected chi connectivity index (χ2v) is 22.8. The maximum absolute atomic E-state index is 7.10. The largest absolute Gasteiger partial charge is 0.364 e. The molecule has 11 aromatic carbocycles. The highest BCUT2D eigenvalue weighted by atomic mass is 16.6. The fourth-order valence-corrected chi connectivity index (χ4v) is 16.4. The molecular formula is C76H48N2O. The molecule has 0 saturated carbocycles. The second-order valence-electron chi connectivity index (χ2n) is 22.8. The summed E-state index contributed by atoms with van der Waals surface area (Å²) in [5.41, 5.74) is 29.1. The molecule has 13 aromatic rings. The SMILES string of the molecule is C1=CC(C2OC2c2ccc3c(c2)C2(c4ccccc4-c4ccccc42)c2ccccc2-3)CC2=C1c1ccccc1C21c2cc(-n3c4ccccc4c4ccccc43)ccc2-c2ccc(-n3c4ccccc4c4ccccc43)cc21. The Kier molecular flexibility index (Phi) is 8.16. The first-order valence-corrected chi connectivity index (χ1v) is 28.1. The summed E-state index contributed by atoms with van der Waals surface area (Å²) < 4.78 is 12.1. The van der Waals surface area contributed by atoms with Crippen LogP contribution in [0.1, 0.15) is 62.6 Å². The molecule has 79 heavy (non-hydrogen) atoms. The Morgan fingerprint density at radius 2 is 0.722 bits per heavy atom. The number of rotatable bonds is 4. The van der Waals surface area contributed by atoms with E-state index in [-0.39, 0.29) is 18.1 Å². The van der Waals surface area contributed by atoms with Crippen LogP contribution in [-0.4, -0.2) is 15.2 Å². The van der Waals surface area contributed by atoms with Crippen molar-refractivity contribution >= 4 is 49.2 Å². The van der Waals surface area contributed by atoms with Crippen molar-refractivity contribution in [2.45, 2.75) is 29.5 Å². The van der Waals surface area contributed by atoms with E-state index in [9.17, 15) is 0 Å². The Morgan fingerprint density at radius 3 is 1.20 bits per heavy atom. The van der Waals surface area contributed by atoms with Crippen molar-refractivity contribution in [1.82, 2.24) is 9.13 Å². The lowest BCUT2D eigenvalue weighted by molar-refractivity contribution is 0.336. The topological polar surface area (TPSA) is 22.4 Å². The van der Waals surface area contributed by atoms with E-state index in [0.29, 0.717) is 0 Å². The lowest BCUT2D eigenvalue weighted by atomic mass is 9.66. The van der Waals surface area contributed by atoms with Crippen LogP contribution < -0.4 is 0 Å². The maximum atomic E-state index is 7.10. The zero-order chi connectivity index (χ0) is 51.3. The minimum Gasteiger partial charge on any atom is -0.364 e. The molecule has 6 aliphatic rings. The molecule has 1 saturated heterocycles. The average Bonchev–Trinajstić information content (AvgIpc) is 3.41. The van der Waals surface area contributed by atoms with E-state index in [1.165, 1.54) is 150 Å². The van der Waals surface area contributed by atoms with Gasteiger partial charge in [0.1, 0.15) is 6.10 Å². The predicted molar refractivity (Wildman–Crippen MR) is 321 cm³/mol. The first-order chi connectivity index (χ1) is 39.2. The monoisotopic (exact) mass is 1000 g/mol. The second kappa shape index (κ2) is 15.1. The number of hydrogen-bond acceptors (Lipinski definition) is 1. The molecule has 5 aliphatic carbocycles. The van der Waals surface area contributed by atoms with E-state index in [1.807, 2.05) is 0 Å². The molecule has 368 valence electrons. The summed E-state index contributed by atoms with van der Waals surface area (Å²) in [6, 6.07) is 94.2. The third-order valence-electron chi connectivity index (χ3n) is 19.4. The van der Waals surface area contributed by atoms with Gasteiger partial charge in [0.05, 0.1) is 39.0 Å². The van der Waals surface area contributed by atoms with Crippen molar-refractivity contribution in [3.05, 3.63) is 317 Å². The quantitative estimate of drug-likeness (QED) is 0.161. The van der Waals surface area contributed by atoms with Gasteiger partial charge in [-0.3, -0.25) is 0 Å². The van der Waals surface area contributed by atoms with Gasteiger partial charge >= 0.3 is 0 Å². The van der Waals surface area contributed by atoms with Crippen LogP contribution in [-0.2, 0) is 15.6 Å². The number of aromatic nitrogens is 2. The van der Waals surface area contributed by atoms with E-state index >= 15 is 0 Å². The number of allylic oxidation sites excluding steroid dienone is 3. The van der Waals surface area contributed by atoms with Crippen molar-refractivity contribution < 1.29 is 4.74 Å². The van der Waals surface area contributed by atoms with Gasteiger partial charge in [0, 0.05) is 38.8 Å². The number of hydrogen-bond donors (Lipinski definition) is 0. The van der Waals surface area contributed by atoms with E-state index in [0.717, 1.165) is 6.42 Å². The molecule has 3 heterocycles. The molecule has 0 amide bonds. The summed E-state index contributed by atoms with van der Waals surface area (Å²) in [6.45, 7) is 0. The molecule has 19 rings (SSSR count). The van der Waals surface area contributed by atoms with Gasteiger partial charge in [-0.05, 0) is 150 Å². The Hall–Kier alpha value is -9.54. The average molecular weight is 1010 g/mol. The molecule has 1 fully saturated rings. The molecule has 3 heteroatoms. The van der Waals surface area contributed by atoms with Crippen LogP contribution in [0.5, 0.6) is 0 Å². The lowest BCUT2D eigenvalue weighted by Gasteiger charge is -2.35. The Balaban J connectivity index is 0.787. The van der Waals surface area contributed by atoms with Gasteiger partial charge in [-0.15, -0.1) is 0 Å². The van der Waals surface area contributed by atoms with Gasteiger partial charge in [-0.25, -0.2) is 0 Å². The van der Waals surface area contributed by atoms with Crippen molar-refractivity contribution in [3.63, 3.8) is 0 Å². The summed E-state index contributed by atoms with van der Waals surface area (Å²) in [7, 11) is 0. The fourth-order valence-electron chi connectivity index (χ4n) is 16.4.